The van der Waals surface area contributed by atoms with Gasteiger partial charge in [0.1, 0.15) is 17.6 Å². The van der Waals surface area contributed by atoms with Gasteiger partial charge < -0.3 is 14.6 Å². The van der Waals surface area contributed by atoms with Crippen LogP contribution >= 0.6 is 0 Å². The highest BCUT2D eigenvalue weighted by atomic mass is 16.5. The summed E-state index contributed by atoms with van der Waals surface area (Å²) in [6.45, 7) is 2.20. The summed E-state index contributed by atoms with van der Waals surface area (Å²) in [4.78, 5) is 0. The molecule has 1 N–H and O–H groups in total. The summed E-state index contributed by atoms with van der Waals surface area (Å²) in [5.41, 5.74) is -0.0524. The van der Waals surface area contributed by atoms with Gasteiger partial charge in [0.05, 0.1) is 25.7 Å². The summed E-state index contributed by atoms with van der Waals surface area (Å²) >= 11 is 0. The number of aliphatic hydroxyl groups excluding tert-OH is 1. The van der Waals surface area contributed by atoms with Crippen LogP contribution < -0.4 is 9.47 Å². The van der Waals surface area contributed by atoms with Crippen LogP contribution in [-0.4, -0.2) is 19.3 Å². The molecule has 21 heavy (non-hydrogen) atoms. The molecule has 0 bridgehead atoms. The Morgan fingerprint density at radius 2 is 1.95 bits per heavy atom. The second kappa shape index (κ2) is 6.36. The summed E-state index contributed by atoms with van der Waals surface area (Å²) < 4.78 is 10.5. The minimum absolute atomic E-state index is 0.565. The highest BCUT2D eigenvalue weighted by Gasteiger charge is 2.42. The molecule has 2 rings (SSSR count). The van der Waals surface area contributed by atoms with E-state index in [1.807, 2.05) is 0 Å². The van der Waals surface area contributed by atoms with E-state index < -0.39 is 11.5 Å². The van der Waals surface area contributed by atoms with Crippen LogP contribution in [0.15, 0.2) is 18.2 Å². The Bertz CT molecular complexity index is 527. The molecule has 0 heterocycles. The zero-order chi connectivity index (χ0) is 15.5. The predicted molar refractivity (Wildman–Crippen MR) is 80.2 cm³/mol. The zero-order valence-corrected chi connectivity index (χ0v) is 12.9. The van der Waals surface area contributed by atoms with Crippen LogP contribution in [0.25, 0.3) is 0 Å². The van der Waals surface area contributed by atoms with Crippen molar-refractivity contribution in [3.8, 4) is 17.6 Å². The topological polar surface area (TPSA) is 62.5 Å². The molecular weight excluding hydrogens is 266 g/mol. The third kappa shape index (κ3) is 2.98. The van der Waals surface area contributed by atoms with Gasteiger partial charge in [-0.05, 0) is 43.7 Å². The molecule has 0 aliphatic heterocycles. The van der Waals surface area contributed by atoms with Crippen molar-refractivity contribution in [3.63, 3.8) is 0 Å². The molecule has 1 aliphatic carbocycles. The number of rotatable bonds is 4. The first-order valence-corrected chi connectivity index (χ1v) is 7.37. The molecule has 4 nitrogen and oxygen atoms in total. The lowest BCUT2D eigenvalue weighted by Gasteiger charge is -2.37. The molecule has 1 aliphatic rings. The van der Waals surface area contributed by atoms with Crippen LogP contribution in [0, 0.1) is 22.7 Å². The molecule has 114 valence electrons. The summed E-state index contributed by atoms with van der Waals surface area (Å²) in [7, 11) is 3.15. The lowest BCUT2D eigenvalue weighted by molar-refractivity contribution is 0.0250. The third-order valence-corrected chi connectivity index (χ3v) is 4.65. The average Bonchev–Trinajstić information content (AvgIpc) is 2.54. The van der Waals surface area contributed by atoms with Crippen LogP contribution in [0.4, 0.5) is 0 Å². The van der Waals surface area contributed by atoms with Crippen molar-refractivity contribution in [2.75, 3.05) is 14.2 Å². The monoisotopic (exact) mass is 289 g/mol. The summed E-state index contributed by atoms with van der Waals surface area (Å²) in [5, 5.41) is 20.5. The number of hydrogen-bond acceptors (Lipinski definition) is 4. The summed E-state index contributed by atoms with van der Waals surface area (Å²) in [6.07, 6.45) is 2.56. The van der Waals surface area contributed by atoms with Gasteiger partial charge in [0.15, 0.2) is 0 Å². The Balaban J connectivity index is 2.34. The maximum Gasteiger partial charge on any atom is 0.128 e. The first-order valence-electron chi connectivity index (χ1n) is 7.37. The molecule has 0 saturated heterocycles. The number of aliphatic hydroxyl groups is 1. The van der Waals surface area contributed by atoms with Crippen molar-refractivity contribution in [2.24, 2.45) is 11.3 Å². The van der Waals surface area contributed by atoms with Gasteiger partial charge in [-0.2, -0.15) is 5.26 Å². The van der Waals surface area contributed by atoms with Crippen molar-refractivity contribution in [2.45, 2.75) is 38.7 Å². The van der Waals surface area contributed by atoms with E-state index in [1.165, 1.54) is 0 Å². The van der Waals surface area contributed by atoms with Crippen molar-refractivity contribution in [1.29, 1.82) is 5.26 Å². The fourth-order valence-corrected chi connectivity index (χ4v) is 3.07. The molecule has 0 aromatic heterocycles. The number of hydrogen-bond donors (Lipinski definition) is 1. The van der Waals surface area contributed by atoms with Crippen LogP contribution in [0.3, 0.4) is 0 Å². The number of nitrogens with zero attached hydrogens (tertiary/aromatic N) is 1. The molecule has 0 radical (unpaired) electrons. The Morgan fingerprint density at radius 3 is 2.48 bits per heavy atom. The number of benzene rings is 1. The molecule has 1 saturated carbocycles. The first-order chi connectivity index (χ1) is 10.1. The molecule has 1 aromatic carbocycles. The van der Waals surface area contributed by atoms with Crippen LogP contribution in [0.1, 0.15) is 44.3 Å². The van der Waals surface area contributed by atoms with Gasteiger partial charge in [-0.3, -0.25) is 0 Å². The van der Waals surface area contributed by atoms with Crippen LogP contribution in [-0.2, 0) is 0 Å². The predicted octanol–water partition coefficient (Wildman–Crippen LogP) is 3.46. The van der Waals surface area contributed by atoms with Gasteiger partial charge >= 0.3 is 0 Å². The summed E-state index contributed by atoms with van der Waals surface area (Å²) in [5.74, 6) is 1.86. The Morgan fingerprint density at radius 1 is 1.29 bits per heavy atom. The minimum atomic E-state index is -0.837. The van der Waals surface area contributed by atoms with Crippen LogP contribution in [0.5, 0.6) is 11.5 Å². The SMILES string of the molecule is COc1ccc(C(O)C2(C#N)CCC(C)CC2)c(OC)c1. The zero-order valence-electron chi connectivity index (χ0n) is 12.9. The molecule has 0 spiro atoms. The quantitative estimate of drug-likeness (QED) is 0.922. The number of nitriles is 1. The fourth-order valence-electron chi connectivity index (χ4n) is 3.07. The van der Waals surface area contributed by atoms with E-state index in [2.05, 4.69) is 13.0 Å². The Labute approximate surface area is 126 Å². The molecule has 1 fully saturated rings. The van der Waals surface area contributed by atoms with E-state index in [4.69, 9.17) is 9.47 Å². The van der Waals surface area contributed by atoms with Gasteiger partial charge in [-0.1, -0.05) is 6.92 Å². The van der Waals surface area contributed by atoms with Crippen molar-refractivity contribution >= 4 is 0 Å². The Hall–Kier alpha value is -1.73. The van der Waals surface area contributed by atoms with Crippen molar-refractivity contribution < 1.29 is 14.6 Å². The minimum Gasteiger partial charge on any atom is -0.497 e. The van der Waals surface area contributed by atoms with Gasteiger partial charge in [0, 0.05) is 11.6 Å². The fraction of sp³-hybridized carbons (Fsp3) is 0.588. The molecule has 4 heteroatoms. The lowest BCUT2D eigenvalue weighted by atomic mass is 9.67. The molecular formula is C17H23NO3. The van der Waals surface area contributed by atoms with E-state index in [-0.39, 0.29) is 0 Å². The number of ether oxygens (including phenoxy) is 2. The maximum absolute atomic E-state index is 10.8. The molecule has 1 aromatic rings. The van der Waals surface area contributed by atoms with Gasteiger partial charge in [-0.25, -0.2) is 0 Å². The smallest absolute Gasteiger partial charge is 0.128 e. The van der Waals surface area contributed by atoms with Crippen molar-refractivity contribution in [1.82, 2.24) is 0 Å². The normalized spacial score (nSPS) is 26.7. The second-order valence-electron chi connectivity index (χ2n) is 5.96. The highest BCUT2D eigenvalue weighted by molar-refractivity contribution is 5.43. The van der Waals surface area contributed by atoms with E-state index >= 15 is 0 Å². The average molecular weight is 289 g/mol. The molecule has 1 atom stereocenters. The third-order valence-electron chi connectivity index (χ3n) is 4.65. The standard InChI is InChI=1S/C17H23NO3/c1-12-6-8-17(11-18,9-7-12)16(19)14-5-4-13(20-2)10-15(14)21-3/h4-5,10,12,16,19H,6-9H2,1-3H3. The highest BCUT2D eigenvalue weighted by Crippen LogP contribution is 2.49. The van der Waals surface area contributed by atoms with E-state index in [0.717, 1.165) is 25.7 Å². The largest absolute Gasteiger partial charge is 0.497 e. The van der Waals surface area contributed by atoms with Gasteiger partial charge in [0.2, 0.25) is 0 Å². The molecule has 1 unspecified atom stereocenters. The summed E-state index contributed by atoms with van der Waals surface area (Å²) in [6, 6.07) is 7.70. The second-order valence-corrected chi connectivity index (χ2v) is 5.96. The van der Waals surface area contributed by atoms with E-state index in [0.29, 0.717) is 23.0 Å². The molecule has 0 amide bonds. The first kappa shape index (κ1) is 15.7. The van der Waals surface area contributed by atoms with Gasteiger partial charge in [-0.15, -0.1) is 0 Å². The Kier molecular flexibility index (Phi) is 4.74. The van der Waals surface area contributed by atoms with Gasteiger partial charge in [0.25, 0.3) is 0 Å². The van der Waals surface area contributed by atoms with Crippen LogP contribution in [0.2, 0.25) is 0 Å². The van der Waals surface area contributed by atoms with E-state index in [1.54, 1.807) is 32.4 Å². The van der Waals surface area contributed by atoms with Crippen molar-refractivity contribution in [3.05, 3.63) is 23.8 Å². The lowest BCUT2D eigenvalue weighted by Crippen LogP contribution is -2.32. The number of methoxy groups -OCH3 is 2. The maximum atomic E-state index is 10.8. The van der Waals surface area contributed by atoms with E-state index in [9.17, 15) is 10.4 Å².